The Kier molecular flexibility index (Phi) is 9.74. The number of carbonyl (C=O) groups excluding carboxylic acids is 2. The molecule has 0 bridgehead atoms. The Morgan fingerprint density at radius 3 is 2.34 bits per heavy atom. The third-order valence-corrected chi connectivity index (χ3v) is 7.40. The van der Waals surface area contributed by atoms with Crippen LogP contribution in [0.15, 0.2) is 66.7 Å². The van der Waals surface area contributed by atoms with Crippen molar-refractivity contribution in [2.45, 2.75) is 39.8 Å². The van der Waals surface area contributed by atoms with Gasteiger partial charge >= 0.3 is 0 Å². The molecule has 0 aliphatic heterocycles. The molecule has 1 atom stereocenters. The minimum absolute atomic E-state index is 0.122. The highest BCUT2D eigenvalue weighted by molar-refractivity contribution is 7.92. The number of nitrogens with one attached hydrogen (secondary N) is 1. The van der Waals surface area contributed by atoms with Gasteiger partial charge in [0.25, 0.3) is 0 Å². The summed E-state index contributed by atoms with van der Waals surface area (Å²) in [7, 11) is -2.27. The molecule has 3 aromatic carbocycles. The largest absolute Gasteiger partial charge is 0.497 e. The zero-order chi connectivity index (χ0) is 27.9. The van der Waals surface area contributed by atoms with Gasteiger partial charge in [0, 0.05) is 18.5 Å². The number of sulfonamides is 1. The lowest BCUT2D eigenvalue weighted by Gasteiger charge is -2.33. The molecule has 0 heterocycles. The summed E-state index contributed by atoms with van der Waals surface area (Å²) in [6, 6.07) is 19.3. The Bertz CT molecular complexity index is 1370. The van der Waals surface area contributed by atoms with Crippen LogP contribution >= 0.6 is 0 Å². The molecule has 1 N–H and O–H groups in total. The van der Waals surface area contributed by atoms with Gasteiger partial charge in [-0.1, -0.05) is 69.3 Å². The molecule has 8 nitrogen and oxygen atoms in total. The zero-order valence-electron chi connectivity index (χ0n) is 22.7. The van der Waals surface area contributed by atoms with Crippen LogP contribution in [0.5, 0.6) is 5.75 Å². The van der Waals surface area contributed by atoms with Crippen molar-refractivity contribution in [2.24, 2.45) is 5.92 Å². The summed E-state index contributed by atoms with van der Waals surface area (Å²) in [5.41, 5.74) is 1.18. The molecule has 3 rings (SSSR count). The van der Waals surface area contributed by atoms with Gasteiger partial charge in [-0.05, 0) is 41.5 Å². The Morgan fingerprint density at radius 2 is 1.68 bits per heavy atom. The van der Waals surface area contributed by atoms with E-state index in [1.54, 1.807) is 31.4 Å². The molecular formula is C29H37N3O5S. The maximum atomic E-state index is 13.9. The number of fused-ring (bicyclic) bond motifs is 1. The van der Waals surface area contributed by atoms with Crippen LogP contribution in [0.25, 0.3) is 10.8 Å². The van der Waals surface area contributed by atoms with E-state index in [0.29, 0.717) is 29.8 Å². The standard InChI is InChI=1S/C29H37N3O5S/c1-6-26(29(34)30-18-21(2)3)31(19-22-11-9-14-24(17-22)37-4)28(33)20-32(38(5,35)36)27-16-10-13-23-12-7-8-15-25(23)27/h7-17,21,26H,6,18-20H2,1-5H3,(H,30,34)/t26-/m0/s1. The highest BCUT2D eigenvalue weighted by atomic mass is 32.2. The number of carbonyl (C=O) groups is 2. The quantitative estimate of drug-likeness (QED) is 0.372. The molecule has 0 aromatic heterocycles. The molecule has 3 aromatic rings. The summed E-state index contributed by atoms with van der Waals surface area (Å²) in [6.07, 6.45) is 1.45. The van der Waals surface area contributed by atoms with E-state index in [9.17, 15) is 18.0 Å². The summed E-state index contributed by atoms with van der Waals surface area (Å²) < 4.78 is 32.4. The van der Waals surface area contributed by atoms with Gasteiger partial charge in [-0.15, -0.1) is 0 Å². The van der Waals surface area contributed by atoms with E-state index in [2.05, 4.69) is 5.32 Å². The second kappa shape index (κ2) is 12.8. The molecule has 9 heteroatoms. The number of nitrogens with zero attached hydrogens (tertiary/aromatic N) is 2. The first-order valence-corrected chi connectivity index (χ1v) is 14.6. The average molecular weight is 540 g/mol. The van der Waals surface area contributed by atoms with Crippen molar-refractivity contribution in [1.82, 2.24) is 10.2 Å². The first-order chi connectivity index (χ1) is 18.0. The van der Waals surface area contributed by atoms with E-state index in [-0.39, 0.29) is 18.4 Å². The third-order valence-electron chi connectivity index (χ3n) is 6.27. The van der Waals surface area contributed by atoms with Crippen LogP contribution in [-0.4, -0.2) is 57.6 Å². The first kappa shape index (κ1) is 29.0. The van der Waals surface area contributed by atoms with Gasteiger partial charge in [0.05, 0.1) is 19.1 Å². The van der Waals surface area contributed by atoms with Gasteiger partial charge in [0.1, 0.15) is 18.3 Å². The maximum absolute atomic E-state index is 13.9. The van der Waals surface area contributed by atoms with Crippen molar-refractivity contribution >= 4 is 38.3 Å². The fourth-order valence-corrected chi connectivity index (χ4v) is 5.19. The van der Waals surface area contributed by atoms with Crippen LogP contribution in [0.4, 0.5) is 5.69 Å². The van der Waals surface area contributed by atoms with Crippen molar-refractivity contribution in [3.8, 4) is 5.75 Å². The lowest BCUT2D eigenvalue weighted by molar-refractivity contribution is -0.140. The number of ether oxygens (including phenoxy) is 1. The third kappa shape index (κ3) is 7.25. The number of rotatable bonds is 12. The normalized spacial score (nSPS) is 12.3. The monoisotopic (exact) mass is 539 g/mol. The van der Waals surface area contributed by atoms with Crippen LogP contribution in [0.2, 0.25) is 0 Å². The summed E-state index contributed by atoms with van der Waals surface area (Å²) in [5.74, 6) is 0.123. The molecule has 204 valence electrons. The average Bonchev–Trinajstić information content (AvgIpc) is 2.89. The second-order valence-corrected chi connectivity index (χ2v) is 11.6. The lowest BCUT2D eigenvalue weighted by Crippen LogP contribution is -2.52. The predicted molar refractivity (Wildman–Crippen MR) is 152 cm³/mol. The number of benzene rings is 3. The van der Waals surface area contributed by atoms with Crippen molar-refractivity contribution in [2.75, 3.05) is 30.8 Å². The molecule has 0 saturated heterocycles. The van der Waals surface area contributed by atoms with Crippen LogP contribution in [-0.2, 0) is 26.2 Å². The topological polar surface area (TPSA) is 96.0 Å². The SMILES string of the molecule is CC[C@@H](C(=O)NCC(C)C)N(Cc1cccc(OC)c1)C(=O)CN(c1cccc2ccccc12)S(C)(=O)=O. The number of methoxy groups -OCH3 is 1. The summed E-state index contributed by atoms with van der Waals surface area (Å²) in [4.78, 5) is 28.6. The molecule has 0 aliphatic carbocycles. The van der Waals surface area contributed by atoms with Gasteiger partial charge in [0.15, 0.2) is 0 Å². The second-order valence-electron chi connectivity index (χ2n) is 9.70. The Morgan fingerprint density at radius 1 is 1.00 bits per heavy atom. The van der Waals surface area contributed by atoms with E-state index in [1.165, 1.54) is 4.90 Å². The fraction of sp³-hybridized carbons (Fsp3) is 0.379. The number of amides is 2. The summed E-state index contributed by atoms with van der Waals surface area (Å²) in [6.45, 7) is 5.98. The zero-order valence-corrected chi connectivity index (χ0v) is 23.5. The van der Waals surface area contributed by atoms with Gasteiger partial charge in [-0.2, -0.15) is 0 Å². The molecule has 0 aliphatic rings. The Hall–Kier alpha value is -3.59. The molecule has 0 unspecified atom stereocenters. The van der Waals surface area contributed by atoms with E-state index in [1.807, 2.05) is 63.2 Å². The molecule has 0 spiro atoms. The van der Waals surface area contributed by atoms with Crippen LogP contribution in [0.1, 0.15) is 32.8 Å². The fourth-order valence-electron chi connectivity index (χ4n) is 4.33. The smallest absolute Gasteiger partial charge is 0.244 e. The van der Waals surface area contributed by atoms with E-state index >= 15 is 0 Å². The number of anilines is 1. The van der Waals surface area contributed by atoms with Gasteiger partial charge in [0.2, 0.25) is 21.8 Å². The van der Waals surface area contributed by atoms with Crippen LogP contribution < -0.4 is 14.4 Å². The van der Waals surface area contributed by atoms with Gasteiger partial charge < -0.3 is 15.0 Å². The predicted octanol–water partition coefficient (Wildman–Crippen LogP) is 4.19. The minimum Gasteiger partial charge on any atom is -0.497 e. The van der Waals surface area contributed by atoms with Gasteiger partial charge in [-0.3, -0.25) is 13.9 Å². The number of hydrogen-bond acceptors (Lipinski definition) is 5. The summed E-state index contributed by atoms with van der Waals surface area (Å²) >= 11 is 0. The molecule has 0 fully saturated rings. The summed E-state index contributed by atoms with van der Waals surface area (Å²) in [5, 5.41) is 4.50. The van der Waals surface area contributed by atoms with Crippen molar-refractivity contribution in [3.63, 3.8) is 0 Å². The van der Waals surface area contributed by atoms with E-state index in [4.69, 9.17) is 4.74 Å². The van der Waals surface area contributed by atoms with Crippen molar-refractivity contribution < 1.29 is 22.7 Å². The van der Waals surface area contributed by atoms with E-state index < -0.39 is 28.5 Å². The van der Waals surface area contributed by atoms with Crippen molar-refractivity contribution in [3.05, 3.63) is 72.3 Å². The molecular weight excluding hydrogens is 502 g/mol. The number of hydrogen-bond donors (Lipinski definition) is 1. The maximum Gasteiger partial charge on any atom is 0.244 e. The Balaban J connectivity index is 2.02. The van der Waals surface area contributed by atoms with Crippen LogP contribution in [0.3, 0.4) is 0 Å². The van der Waals surface area contributed by atoms with Gasteiger partial charge in [-0.25, -0.2) is 8.42 Å². The molecule has 0 radical (unpaired) electrons. The minimum atomic E-state index is -3.83. The Labute approximate surface area is 225 Å². The van der Waals surface area contributed by atoms with Crippen molar-refractivity contribution in [1.29, 1.82) is 0 Å². The molecule has 0 saturated carbocycles. The first-order valence-electron chi connectivity index (χ1n) is 12.7. The van der Waals surface area contributed by atoms with Crippen LogP contribution in [0, 0.1) is 5.92 Å². The lowest BCUT2D eigenvalue weighted by atomic mass is 10.1. The molecule has 38 heavy (non-hydrogen) atoms. The highest BCUT2D eigenvalue weighted by Crippen LogP contribution is 2.29. The highest BCUT2D eigenvalue weighted by Gasteiger charge is 2.32. The van der Waals surface area contributed by atoms with E-state index in [0.717, 1.165) is 21.5 Å². The molecule has 2 amide bonds.